The predicted octanol–water partition coefficient (Wildman–Crippen LogP) is 0.552. The molecule has 0 amide bonds. The molecule has 1 aromatic rings. The number of hydrogen-bond acceptors (Lipinski definition) is 7. The van der Waals surface area contributed by atoms with Gasteiger partial charge in [0.1, 0.15) is 12.0 Å². The van der Waals surface area contributed by atoms with Gasteiger partial charge in [-0.3, -0.25) is 4.90 Å². The van der Waals surface area contributed by atoms with Gasteiger partial charge in [-0.2, -0.15) is 0 Å². The molecule has 23 heavy (non-hydrogen) atoms. The van der Waals surface area contributed by atoms with E-state index in [0.717, 1.165) is 44.4 Å². The first-order valence-electron chi connectivity index (χ1n) is 8.49. The zero-order valence-electron chi connectivity index (χ0n) is 14.2. The van der Waals surface area contributed by atoms with Gasteiger partial charge in [-0.1, -0.05) is 0 Å². The minimum atomic E-state index is -0.0216. The number of piperazine rings is 1. The fourth-order valence-electron chi connectivity index (χ4n) is 3.72. The van der Waals surface area contributed by atoms with Crippen LogP contribution >= 0.6 is 0 Å². The van der Waals surface area contributed by atoms with Gasteiger partial charge in [-0.25, -0.2) is 9.97 Å². The molecule has 3 heterocycles. The molecule has 1 aromatic heterocycles. The van der Waals surface area contributed by atoms with Crippen LogP contribution in [-0.4, -0.2) is 71.4 Å². The Balaban J connectivity index is 1.81. The number of aromatic nitrogens is 2. The topological polar surface area (TPSA) is 81.8 Å². The Morgan fingerprint density at radius 3 is 2.35 bits per heavy atom. The maximum atomic E-state index is 9.23. The van der Waals surface area contributed by atoms with Crippen molar-refractivity contribution in [2.24, 2.45) is 0 Å². The Morgan fingerprint density at radius 1 is 1.09 bits per heavy atom. The van der Waals surface area contributed by atoms with Crippen molar-refractivity contribution in [1.82, 2.24) is 14.9 Å². The monoisotopic (exact) mass is 320 g/mol. The molecular formula is C16H28N6O. The molecule has 0 bridgehead atoms. The van der Waals surface area contributed by atoms with Crippen LogP contribution in [0.2, 0.25) is 0 Å². The molecule has 7 nitrogen and oxygen atoms in total. The summed E-state index contributed by atoms with van der Waals surface area (Å²) < 4.78 is 0. The van der Waals surface area contributed by atoms with Crippen molar-refractivity contribution in [2.45, 2.75) is 32.2 Å². The van der Waals surface area contributed by atoms with Crippen LogP contribution in [0.15, 0.2) is 6.33 Å². The van der Waals surface area contributed by atoms with Crippen molar-refractivity contribution >= 4 is 17.3 Å². The molecule has 2 aliphatic heterocycles. The highest BCUT2D eigenvalue weighted by Gasteiger charge is 2.35. The van der Waals surface area contributed by atoms with Gasteiger partial charge >= 0.3 is 0 Å². The maximum Gasteiger partial charge on any atom is 0.157 e. The lowest BCUT2D eigenvalue weighted by Crippen LogP contribution is -2.60. The lowest BCUT2D eigenvalue weighted by Gasteiger charge is -2.47. The second-order valence-electron chi connectivity index (χ2n) is 7.07. The number of anilines is 3. The van der Waals surface area contributed by atoms with Gasteiger partial charge in [-0.05, 0) is 26.7 Å². The van der Waals surface area contributed by atoms with Crippen LogP contribution < -0.4 is 15.5 Å². The Bertz CT molecular complexity index is 543. The summed E-state index contributed by atoms with van der Waals surface area (Å²) in [5, 5.41) is 9.23. The molecule has 0 spiro atoms. The molecule has 0 unspecified atom stereocenters. The third kappa shape index (κ3) is 3.21. The average molecular weight is 320 g/mol. The van der Waals surface area contributed by atoms with Crippen LogP contribution in [0.25, 0.3) is 0 Å². The van der Waals surface area contributed by atoms with Crippen molar-refractivity contribution in [3.05, 3.63) is 6.33 Å². The van der Waals surface area contributed by atoms with Crippen LogP contribution in [0.3, 0.4) is 0 Å². The summed E-state index contributed by atoms with van der Waals surface area (Å²) >= 11 is 0. The molecule has 2 saturated heterocycles. The molecule has 0 radical (unpaired) electrons. The number of nitrogens with two attached hydrogens (primary N) is 1. The van der Waals surface area contributed by atoms with Crippen LogP contribution in [0, 0.1) is 0 Å². The van der Waals surface area contributed by atoms with E-state index in [4.69, 9.17) is 5.73 Å². The smallest absolute Gasteiger partial charge is 0.157 e. The molecule has 2 aliphatic rings. The molecule has 3 N–H and O–H groups in total. The first-order valence-corrected chi connectivity index (χ1v) is 8.49. The average Bonchev–Trinajstić information content (AvgIpc) is 3.03. The molecule has 0 aliphatic carbocycles. The Morgan fingerprint density at radius 2 is 1.74 bits per heavy atom. The summed E-state index contributed by atoms with van der Waals surface area (Å²) in [6, 6.07) is 0. The van der Waals surface area contributed by atoms with Crippen molar-refractivity contribution in [1.29, 1.82) is 0 Å². The standard InChI is InChI=1S/C16H28N6O/c1-16(2)11-21(7-8-22(16)9-10-23)15-13(17)14(18-12-19-15)20-5-3-4-6-20/h12,23H,3-11,17H2,1-2H3. The Labute approximate surface area is 138 Å². The second-order valence-corrected chi connectivity index (χ2v) is 7.07. The summed E-state index contributed by atoms with van der Waals surface area (Å²) in [5.41, 5.74) is 7.09. The van der Waals surface area contributed by atoms with E-state index in [1.54, 1.807) is 6.33 Å². The third-order valence-corrected chi connectivity index (χ3v) is 4.99. The van der Waals surface area contributed by atoms with Crippen LogP contribution in [0.5, 0.6) is 0 Å². The number of aliphatic hydroxyl groups excluding tert-OH is 1. The largest absolute Gasteiger partial charge is 0.395 e. The normalized spacial score (nSPS) is 21.9. The lowest BCUT2D eigenvalue weighted by molar-refractivity contribution is 0.0811. The van der Waals surface area contributed by atoms with Crippen LogP contribution in [0.4, 0.5) is 17.3 Å². The van der Waals surface area contributed by atoms with E-state index in [-0.39, 0.29) is 12.1 Å². The van der Waals surface area contributed by atoms with E-state index >= 15 is 0 Å². The van der Waals surface area contributed by atoms with E-state index in [0.29, 0.717) is 12.2 Å². The SMILES string of the molecule is CC1(C)CN(c2ncnc(N3CCCC3)c2N)CCN1CCO. The highest BCUT2D eigenvalue weighted by molar-refractivity contribution is 5.76. The van der Waals surface area contributed by atoms with Gasteiger partial charge in [-0.15, -0.1) is 0 Å². The van der Waals surface area contributed by atoms with Gasteiger partial charge in [0.25, 0.3) is 0 Å². The first kappa shape index (κ1) is 16.3. The molecule has 0 atom stereocenters. The van der Waals surface area contributed by atoms with Gasteiger partial charge in [0.2, 0.25) is 0 Å². The fraction of sp³-hybridized carbons (Fsp3) is 0.750. The van der Waals surface area contributed by atoms with Gasteiger partial charge in [0.05, 0.1) is 6.61 Å². The summed E-state index contributed by atoms with van der Waals surface area (Å²) in [5.74, 6) is 1.72. The molecule has 128 valence electrons. The van der Waals surface area contributed by atoms with E-state index < -0.39 is 0 Å². The zero-order chi connectivity index (χ0) is 16.4. The number of hydrogen-bond donors (Lipinski definition) is 2. The Hall–Kier alpha value is -1.60. The van der Waals surface area contributed by atoms with E-state index in [2.05, 4.69) is 38.5 Å². The number of nitrogens with zero attached hydrogens (tertiary/aromatic N) is 5. The molecule has 2 fully saturated rings. The summed E-state index contributed by atoms with van der Waals surface area (Å²) in [7, 11) is 0. The van der Waals surface area contributed by atoms with Crippen LogP contribution in [-0.2, 0) is 0 Å². The molecule has 7 heteroatoms. The number of aliphatic hydroxyl groups is 1. The third-order valence-electron chi connectivity index (χ3n) is 4.99. The van der Waals surface area contributed by atoms with Crippen molar-refractivity contribution in [2.75, 3.05) is 61.4 Å². The maximum absolute atomic E-state index is 9.23. The predicted molar refractivity (Wildman–Crippen MR) is 92.8 cm³/mol. The van der Waals surface area contributed by atoms with Gasteiger partial charge in [0, 0.05) is 44.8 Å². The number of nitrogen functional groups attached to an aromatic ring is 1. The van der Waals surface area contributed by atoms with Crippen molar-refractivity contribution in [3.63, 3.8) is 0 Å². The highest BCUT2D eigenvalue weighted by atomic mass is 16.3. The second kappa shape index (κ2) is 6.49. The molecule has 0 saturated carbocycles. The zero-order valence-corrected chi connectivity index (χ0v) is 14.2. The van der Waals surface area contributed by atoms with E-state index in [9.17, 15) is 5.11 Å². The minimum Gasteiger partial charge on any atom is -0.395 e. The van der Waals surface area contributed by atoms with E-state index in [1.807, 2.05) is 0 Å². The molecule has 3 rings (SSSR count). The summed E-state index contributed by atoms with van der Waals surface area (Å²) in [6.07, 6.45) is 4.03. The van der Waals surface area contributed by atoms with Crippen molar-refractivity contribution in [3.8, 4) is 0 Å². The minimum absolute atomic E-state index is 0.0216. The lowest BCUT2D eigenvalue weighted by atomic mass is 9.98. The summed E-state index contributed by atoms with van der Waals surface area (Å²) in [4.78, 5) is 15.7. The first-order chi connectivity index (χ1) is 11.0. The van der Waals surface area contributed by atoms with E-state index in [1.165, 1.54) is 12.8 Å². The highest BCUT2D eigenvalue weighted by Crippen LogP contribution is 2.33. The van der Waals surface area contributed by atoms with Crippen molar-refractivity contribution < 1.29 is 5.11 Å². The van der Waals surface area contributed by atoms with Crippen LogP contribution in [0.1, 0.15) is 26.7 Å². The fourth-order valence-corrected chi connectivity index (χ4v) is 3.72. The number of rotatable bonds is 4. The summed E-state index contributed by atoms with van der Waals surface area (Å²) in [6.45, 7) is 9.96. The molecule has 0 aromatic carbocycles. The Kier molecular flexibility index (Phi) is 4.59. The van der Waals surface area contributed by atoms with Gasteiger partial charge < -0.3 is 20.6 Å². The number of β-amino-alcohol motifs (C(OH)–C–C–N with tert-alkyl or cyclic N) is 1. The van der Waals surface area contributed by atoms with Gasteiger partial charge in [0.15, 0.2) is 11.6 Å². The molecular weight excluding hydrogens is 292 g/mol. The quantitative estimate of drug-likeness (QED) is 0.838.